The van der Waals surface area contributed by atoms with Gasteiger partial charge in [-0.15, -0.1) is 0 Å². The highest BCUT2D eigenvalue weighted by atomic mass is 32.2. The zero-order chi connectivity index (χ0) is 15.6. The first kappa shape index (κ1) is 16.4. The SMILES string of the molecule is COc1ccc(S(=O)(=O)NCC(C)(C)N)cc1C(N)=O. The number of carbonyl (C=O) groups is 1. The summed E-state index contributed by atoms with van der Waals surface area (Å²) >= 11 is 0. The molecule has 1 aromatic rings. The number of ether oxygens (including phenoxy) is 1. The lowest BCUT2D eigenvalue weighted by Gasteiger charge is -2.19. The van der Waals surface area contributed by atoms with E-state index in [0.29, 0.717) is 0 Å². The van der Waals surface area contributed by atoms with E-state index in [2.05, 4.69) is 4.72 Å². The highest BCUT2D eigenvalue weighted by Crippen LogP contribution is 2.22. The number of sulfonamides is 1. The van der Waals surface area contributed by atoms with E-state index < -0.39 is 21.5 Å². The van der Waals surface area contributed by atoms with Crippen LogP contribution in [0, 0.1) is 0 Å². The molecule has 0 saturated carbocycles. The summed E-state index contributed by atoms with van der Waals surface area (Å²) in [5.74, 6) is -0.548. The molecule has 0 atom stereocenters. The van der Waals surface area contributed by atoms with E-state index in [4.69, 9.17) is 16.2 Å². The maximum atomic E-state index is 12.1. The lowest BCUT2D eigenvalue weighted by Crippen LogP contribution is -2.45. The molecule has 0 aliphatic carbocycles. The second-order valence-electron chi connectivity index (χ2n) is 5.04. The highest BCUT2D eigenvalue weighted by Gasteiger charge is 2.21. The van der Waals surface area contributed by atoms with Crippen molar-refractivity contribution in [3.05, 3.63) is 23.8 Å². The van der Waals surface area contributed by atoms with Crippen molar-refractivity contribution in [1.29, 1.82) is 0 Å². The molecule has 0 fully saturated rings. The van der Waals surface area contributed by atoms with E-state index in [-0.39, 0.29) is 22.8 Å². The Balaban J connectivity index is 3.13. The number of methoxy groups -OCH3 is 1. The molecule has 0 unspecified atom stereocenters. The Morgan fingerprint density at radius 2 is 2.00 bits per heavy atom. The molecule has 20 heavy (non-hydrogen) atoms. The van der Waals surface area contributed by atoms with E-state index in [1.165, 1.54) is 25.3 Å². The van der Waals surface area contributed by atoms with Crippen molar-refractivity contribution in [3.63, 3.8) is 0 Å². The second kappa shape index (κ2) is 5.78. The fourth-order valence-electron chi connectivity index (χ4n) is 1.41. The van der Waals surface area contributed by atoms with E-state index >= 15 is 0 Å². The minimum Gasteiger partial charge on any atom is -0.496 e. The molecule has 1 amide bonds. The van der Waals surface area contributed by atoms with Crippen LogP contribution in [0.5, 0.6) is 5.75 Å². The minimum atomic E-state index is -3.77. The number of hydrogen-bond donors (Lipinski definition) is 3. The maximum absolute atomic E-state index is 12.1. The van der Waals surface area contributed by atoms with E-state index in [1.54, 1.807) is 13.8 Å². The molecule has 1 rings (SSSR count). The minimum absolute atomic E-state index is 0.00221. The van der Waals surface area contributed by atoms with Gasteiger partial charge in [-0.2, -0.15) is 0 Å². The molecule has 0 bridgehead atoms. The fourth-order valence-corrected chi connectivity index (χ4v) is 2.66. The number of amides is 1. The van der Waals surface area contributed by atoms with Crippen LogP contribution in [0.2, 0.25) is 0 Å². The third-order valence-electron chi connectivity index (χ3n) is 2.46. The van der Waals surface area contributed by atoms with Gasteiger partial charge in [0.2, 0.25) is 10.0 Å². The van der Waals surface area contributed by atoms with Gasteiger partial charge in [0.1, 0.15) is 5.75 Å². The van der Waals surface area contributed by atoms with Gasteiger partial charge in [0.15, 0.2) is 0 Å². The zero-order valence-electron chi connectivity index (χ0n) is 11.6. The van der Waals surface area contributed by atoms with Gasteiger partial charge in [-0.3, -0.25) is 4.79 Å². The molecular weight excluding hydrogens is 282 g/mol. The lowest BCUT2D eigenvalue weighted by molar-refractivity contribution is 0.0997. The summed E-state index contributed by atoms with van der Waals surface area (Å²) < 4.78 is 31.5. The van der Waals surface area contributed by atoms with Crippen LogP contribution < -0.4 is 20.9 Å². The number of nitrogens with one attached hydrogen (secondary N) is 1. The predicted molar refractivity (Wildman–Crippen MR) is 75.0 cm³/mol. The van der Waals surface area contributed by atoms with Gasteiger partial charge in [0.05, 0.1) is 17.6 Å². The van der Waals surface area contributed by atoms with Crippen LogP contribution >= 0.6 is 0 Å². The van der Waals surface area contributed by atoms with Crippen LogP contribution in [0.25, 0.3) is 0 Å². The van der Waals surface area contributed by atoms with Crippen LogP contribution in [0.3, 0.4) is 0 Å². The highest BCUT2D eigenvalue weighted by molar-refractivity contribution is 7.89. The monoisotopic (exact) mass is 301 g/mol. The molecule has 0 saturated heterocycles. The maximum Gasteiger partial charge on any atom is 0.252 e. The van der Waals surface area contributed by atoms with Crippen LogP contribution in [-0.4, -0.2) is 33.5 Å². The summed E-state index contributed by atoms with van der Waals surface area (Å²) in [6.45, 7) is 3.45. The van der Waals surface area contributed by atoms with Crippen LogP contribution in [0.1, 0.15) is 24.2 Å². The quantitative estimate of drug-likeness (QED) is 0.671. The molecule has 0 heterocycles. The Kier molecular flexibility index (Phi) is 4.74. The Morgan fingerprint density at radius 1 is 1.40 bits per heavy atom. The van der Waals surface area contributed by atoms with Crippen LogP contribution in [0.15, 0.2) is 23.1 Å². The molecule has 0 spiro atoms. The summed E-state index contributed by atoms with van der Waals surface area (Å²) in [6.07, 6.45) is 0. The average Bonchev–Trinajstić information content (AvgIpc) is 2.35. The van der Waals surface area contributed by atoms with Crippen LogP contribution in [-0.2, 0) is 10.0 Å². The van der Waals surface area contributed by atoms with Crippen molar-refractivity contribution < 1.29 is 17.9 Å². The van der Waals surface area contributed by atoms with Gasteiger partial charge in [-0.05, 0) is 32.0 Å². The molecule has 5 N–H and O–H groups in total. The van der Waals surface area contributed by atoms with Gasteiger partial charge in [0.25, 0.3) is 5.91 Å². The smallest absolute Gasteiger partial charge is 0.252 e. The Labute approximate surface area is 118 Å². The normalized spacial score (nSPS) is 12.2. The molecule has 112 valence electrons. The summed E-state index contributed by atoms with van der Waals surface area (Å²) in [6, 6.07) is 3.88. The Bertz CT molecular complexity index is 606. The Morgan fingerprint density at radius 3 is 2.45 bits per heavy atom. The van der Waals surface area contributed by atoms with E-state index in [0.717, 1.165) is 0 Å². The number of primary amides is 1. The topological polar surface area (TPSA) is 125 Å². The van der Waals surface area contributed by atoms with Crippen molar-refractivity contribution in [2.24, 2.45) is 11.5 Å². The number of hydrogen-bond acceptors (Lipinski definition) is 5. The van der Waals surface area contributed by atoms with Crippen molar-refractivity contribution in [3.8, 4) is 5.75 Å². The lowest BCUT2D eigenvalue weighted by atomic mass is 10.1. The molecule has 0 aromatic heterocycles. The Hall–Kier alpha value is -1.64. The number of benzene rings is 1. The van der Waals surface area contributed by atoms with Gasteiger partial charge in [-0.1, -0.05) is 0 Å². The standard InChI is InChI=1S/C12H19N3O4S/c1-12(2,14)7-15-20(17,18)8-4-5-10(19-3)9(6-8)11(13)16/h4-6,15H,7,14H2,1-3H3,(H2,13,16). The summed E-state index contributed by atoms with van der Waals surface area (Å²) in [7, 11) is -2.40. The first-order valence-corrected chi connectivity index (χ1v) is 7.31. The zero-order valence-corrected chi connectivity index (χ0v) is 12.5. The molecule has 8 heteroatoms. The number of nitrogens with two attached hydrogens (primary N) is 2. The van der Waals surface area contributed by atoms with Crippen molar-refractivity contribution in [2.75, 3.05) is 13.7 Å². The van der Waals surface area contributed by atoms with Crippen molar-refractivity contribution in [2.45, 2.75) is 24.3 Å². The van der Waals surface area contributed by atoms with E-state index in [1.807, 2.05) is 0 Å². The van der Waals surface area contributed by atoms with Gasteiger partial charge in [0, 0.05) is 12.1 Å². The molecule has 0 aliphatic rings. The molecule has 0 aliphatic heterocycles. The first-order chi connectivity index (χ1) is 9.07. The molecule has 1 aromatic carbocycles. The van der Waals surface area contributed by atoms with Crippen molar-refractivity contribution in [1.82, 2.24) is 4.72 Å². The fraction of sp³-hybridized carbons (Fsp3) is 0.417. The first-order valence-electron chi connectivity index (χ1n) is 5.83. The predicted octanol–water partition coefficient (Wildman–Crippen LogP) is -0.190. The third kappa shape index (κ3) is 4.19. The third-order valence-corrected chi connectivity index (χ3v) is 3.86. The van der Waals surface area contributed by atoms with Gasteiger partial charge < -0.3 is 16.2 Å². The van der Waals surface area contributed by atoms with Gasteiger partial charge >= 0.3 is 0 Å². The summed E-state index contributed by atoms with van der Waals surface area (Å²) in [4.78, 5) is 11.2. The van der Waals surface area contributed by atoms with E-state index in [9.17, 15) is 13.2 Å². The largest absolute Gasteiger partial charge is 0.496 e. The van der Waals surface area contributed by atoms with Crippen LogP contribution in [0.4, 0.5) is 0 Å². The average molecular weight is 301 g/mol. The summed E-state index contributed by atoms with van der Waals surface area (Å²) in [5, 5.41) is 0. The van der Waals surface area contributed by atoms with Crippen molar-refractivity contribution >= 4 is 15.9 Å². The summed E-state index contributed by atoms with van der Waals surface area (Å²) in [5.41, 5.74) is 10.2. The number of carbonyl (C=O) groups excluding carboxylic acids is 1. The molecule has 0 radical (unpaired) electrons. The number of rotatable bonds is 6. The molecule has 7 nitrogen and oxygen atoms in total. The second-order valence-corrected chi connectivity index (χ2v) is 6.81. The van der Waals surface area contributed by atoms with Gasteiger partial charge in [-0.25, -0.2) is 13.1 Å². The molecular formula is C12H19N3O4S.